The van der Waals surface area contributed by atoms with Gasteiger partial charge in [-0.25, -0.2) is 0 Å². The van der Waals surface area contributed by atoms with E-state index in [1.807, 2.05) is 25.1 Å². The third-order valence-corrected chi connectivity index (χ3v) is 7.31. The van der Waals surface area contributed by atoms with Crippen LogP contribution in [0.3, 0.4) is 0 Å². The second-order valence-electron chi connectivity index (χ2n) is 9.01. The first-order valence-electron chi connectivity index (χ1n) is 10.4. The van der Waals surface area contributed by atoms with Gasteiger partial charge in [0.15, 0.2) is 0 Å². The van der Waals surface area contributed by atoms with Crippen LogP contribution in [-0.4, -0.2) is 55.8 Å². The summed E-state index contributed by atoms with van der Waals surface area (Å²) in [7, 11) is 1.64. The largest absolute Gasteiger partial charge is 0.496 e. The second-order valence-corrected chi connectivity index (χ2v) is 9.01. The minimum Gasteiger partial charge on any atom is -0.496 e. The number of carbonyl (C=O) groups is 1. The standard InChI is InChI=1S/C22H30N2O3/c1-14-16(4-3-5-19(14)26-2)21(25)23-10-17-18-12-24(11-15-6-7-15)13-22(18)9-8-20(17)27-22/h3-5,15,17-18,20H,6-13H2,1-2H3,(H,23,25)/t17-,18+,20+,22+/m0/s1. The molecule has 1 aromatic carbocycles. The first kappa shape index (κ1) is 17.5. The van der Waals surface area contributed by atoms with Crippen LogP contribution in [0.5, 0.6) is 5.75 Å². The van der Waals surface area contributed by atoms with Crippen LogP contribution in [-0.2, 0) is 4.74 Å². The van der Waals surface area contributed by atoms with Crippen molar-refractivity contribution in [3.63, 3.8) is 0 Å². The second kappa shape index (κ2) is 6.49. The Morgan fingerprint density at radius 1 is 1.37 bits per heavy atom. The topological polar surface area (TPSA) is 50.8 Å². The molecule has 1 aromatic rings. The molecular formula is C22H30N2O3. The number of hydrogen-bond acceptors (Lipinski definition) is 4. The smallest absolute Gasteiger partial charge is 0.251 e. The van der Waals surface area contributed by atoms with Gasteiger partial charge < -0.3 is 14.8 Å². The Morgan fingerprint density at radius 2 is 2.22 bits per heavy atom. The molecule has 27 heavy (non-hydrogen) atoms. The van der Waals surface area contributed by atoms with Gasteiger partial charge in [0.25, 0.3) is 5.91 Å². The van der Waals surface area contributed by atoms with Crippen LogP contribution >= 0.6 is 0 Å². The lowest BCUT2D eigenvalue weighted by atomic mass is 9.73. The van der Waals surface area contributed by atoms with Crippen LogP contribution < -0.4 is 10.1 Å². The van der Waals surface area contributed by atoms with Gasteiger partial charge in [0, 0.05) is 49.1 Å². The quantitative estimate of drug-likeness (QED) is 0.836. The van der Waals surface area contributed by atoms with Gasteiger partial charge in [-0.15, -0.1) is 0 Å². The number of benzene rings is 1. The van der Waals surface area contributed by atoms with E-state index in [1.165, 1.54) is 25.8 Å². The fourth-order valence-corrected chi connectivity index (χ4v) is 5.75. The van der Waals surface area contributed by atoms with E-state index in [0.717, 1.165) is 36.7 Å². The molecule has 4 fully saturated rings. The molecule has 2 bridgehead atoms. The number of hydrogen-bond donors (Lipinski definition) is 1. The van der Waals surface area contributed by atoms with E-state index in [2.05, 4.69) is 10.2 Å². The van der Waals surface area contributed by atoms with Crippen molar-refractivity contribution in [2.75, 3.05) is 33.3 Å². The lowest BCUT2D eigenvalue weighted by molar-refractivity contribution is 0.00244. The van der Waals surface area contributed by atoms with Gasteiger partial charge in [-0.2, -0.15) is 0 Å². The summed E-state index contributed by atoms with van der Waals surface area (Å²) in [5.74, 6) is 2.69. The Balaban J connectivity index is 1.25. The minimum absolute atomic E-state index is 0.00365. The summed E-state index contributed by atoms with van der Waals surface area (Å²) in [6, 6.07) is 5.65. The fourth-order valence-electron chi connectivity index (χ4n) is 5.75. The number of nitrogens with one attached hydrogen (secondary N) is 1. The molecule has 3 heterocycles. The normalized spacial score (nSPS) is 34.7. The summed E-state index contributed by atoms with van der Waals surface area (Å²) in [5, 5.41) is 3.20. The lowest BCUT2D eigenvalue weighted by Gasteiger charge is -2.29. The number of nitrogens with zero attached hydrogens (tertiary/aromatic N) is 1. The molecule has 3 aliphatic heterocycles. The van der Waals surface area contributed by atoms with Gasteiger partial charge in [0.2, 0.25) is 0 Å². The molecule has 0 radical (unpaired) electrons. The lowest BCUT2D eigenvalue weighted by Crippen LogP contribution is -2.42. The van der Waals surface area contributed by atoms with Crippen LogP contribution in [0.15, 0.2) is 18.2 Å². The summed E-state index contributed by atoms with van der Waals surface area (Å²) < 4.78 is 11.9. The molecule has 4 atom stereocenters. The fraction of sp³-hybridized carbons (Fsp3) is 0.682. The summed E-state index contributed by atoms with van der Waals surface area (Å²) >= 11 is 0. The van der Waals surface area contributed by atoms with Crippen LogP contribution in [0, 0.1) is 24.7 Å². The van der Waals surface area contributed by atoms with Crippen LogP contribution in [0.2, 0.25) is 0 Å². The highest BCUT2D eigenvalue weighted by atomic mass is 16.5. The summed E-state index contributed by atoms with van der Waals surface area (Å²) in [4.78, 5) is 15.4. The van der Waals surface area contributed by atoms with E-state index in [0.29, 0.717) is 30.0 Å². The highest BCUT2D eigenvalue weighted by Gasteiger charge is 2.62. The molecule has 146 valence electrons. The maximum Gasteiger partial charge on any atom is 0.251 e. The Bertz CT molecular complexity index is 747. The van der Waals surface area contributed by atoms with Gasteiger partial charge in [-0.05, 0) is 50.7 Å². The number of methoxy groups -OCH3 is 1. The van der Waals surface area contributed by atoms with Crippen LogP contribution in [0.25, 0.3) is 0 Å². The zero-order valence-corrected chi connectivity index (χ0v) is 16.4. The van der Waals surface area contributed by atoms with Gasteiger partial charge >= 0.3 is 0 Å². The van der Waals surface area contributed by atoms with Gasteiger partial charge in [-0.3, -0.25) is 9.69 Å². The van der Waals surface area contributed by atoms with Crippen molar-refractivity contribution in [3.05, 3.63) is 29.3 Å². The van der Waals surface area contributed by atoms with Crippen LogP contribution in [0.4, 0.5) is 0 Å². The molecule has 5 heteroatoms. The van der Waals surface area contributed by atoms with E-state index >= 15 is 0 Å². The first-order chi connectivity index (χ1) is 13.1. The molecule has 4 aliphatic rings. The highest BCUT2D eigenvalue weighted by Crippen LogP contribution is 2.55. The number of fused-ring (bicyclic) bond motifs is 1. The molecule has 0 unspecified atom stereocenters. The molecule has 1 aliphatic carbocycles. The zero-order chi connectivity index (χ0) is 18.6. The van der Waals surface area contributed by atoms with Crippen molar-refractivity contribution in [2.24, 2.45) is 17.8 Å². The van der Waals surface area contributed by atoms with Crippen LogP contribution in [0.1, 0.15) is 41.6 Å². The first-order valence-corrected chi connectivity index (χ1v) is 10.4. The van der Waals surface area contributed by atoms with Crippen molar-refractivity contribution in [1.82, 2.24) is 10.2 Å². The summed E-state index contributed by atoms with van der Waals surface area (Å²) in [6.45, 7) is 6.14. The molecule has 1 amide bonds. The molecule has 1 N–H and O–H groups in total. The van der Waals surface area contributed by atoms with E-state index in [9.17, 15) is 4.79 Å². The average Bonchev–Trinajstić information content (AvgIpc) is 3.16. The average molecular weight is 370 g/mol. The third kappa shape index (κ3) is 2.95. The maximum atomic E-state index is 12.8. The molecule has 1 saturated carbocycles. The summed E-state index contributed by atoms with van der Waals surface area (Å²) in [6.07, 6.45) is 5.47. The third-order valence-electron chi connectivity index (χ3n) is 7.31. The molecule has 5 nitrogen and oxygen atoms in total. The maximum absolute atomic E-state index is 12.8. The van der Waals surface area contributed by atoms with E-state index in [1.54, 1.807) is 7.11 Å². The predicted octanol–water partition coefficient (Wildman–Crippen LogP) is 2.62. The molecule has 3 saturated heterocycles. The van der Waals surface area contributed by atoms with E-state index in [4.69, 9.17) is 9.47 Å². The van der Waals surface area contributed by atoms with Crippen molar-refractivity contribution < 1.29 is 14.3 Å². The number of ether oxygens (including phenoxy) is 2. The van der Waals surface area contributed by atoms with Crippen molar-refractivity contribution >= 4 is 5.91 Å². The number of carbonyl (C=O) groups excluding carboxylic acids is 1. The number of amides is 1. The SMILES string of the molecule is COc1cccc(C(=O)NC[C@H]2[C@H]3CN(CC4CC4)C[C@]34CC[C@H]2O4)c1C. The Hall–Kier alpha value is -1.59. The Kier molecular flexibility index (Phi) is 4.21. The van der Waals surface area contributed by atoms with Gasteiger partial charge in [-0.1, -0.05) is 6.07 Å². The predicted molar refractivity (Wildman–Crippen MR) is 103 cm³/mol. The summed E-state index contributed by atoms with van der Waals surface area (Å²) in [5.41, 5.74) is 1.67. The Labute approximate surface area is 161 Å². The van der Waals surface area contributed by atoms with Crippen molar-refractivity contribution in [2.45, 2.75) is 44.3 Å². The number of likely N-dealkylation sites (tertiary alicyclic amines) is 1. The molecule has 1 spiro atoms. The van der Waals surface area contributed by atoms with Gasteiger partial charge in [0.05, 0.1) is 18.8 Å². The monoisotopic (exact) mass is 370 g/mol. The zero-order valence-electron chi connectivity index (χ0n) is 16.4. The molecule has 5 rings (SSSR count). The van der Waals surface area contributed by atoms with E-state index < -0.39 is 0 Å². The Morgan fingerprint density at radius 3 is 3.00 bits per heavy atom. The van der Waals surface area contributed by atoms with Crippen molar-refractivity contribution in [3.8, 4) is 5.75 Å². The molecular weight excluding hydrogens is 340 g/mol. The van der Waals surface area contributed by atoms with Gasteiger partial charge in [0.1, 0.15) is 5.75 Å². The number of rotatable bonds is 6. The molecule has 0 aromatic heterocycles. The minimum atomic E-state index is -0.00365. The van der Waals surface area contributed by atoms with E-state index in [-0.39, 0.29) is 11.5 Å². The van der Waals surface area contributed by atoms with Crippen molar-refractivity contribution in [1.29, 1.82) is 0 Å². The highest BCUT2D eigenvalue weighted by molar-refractivity contribution is 5.96.